The second-order valence-corrected chi connectivity index (χ2v) is 17.4. The van der Waals surface area contributed by atoms with E-state index in [0.717, 1.165) is 49.1 Å². The molecule has 2 aliphatic rings. The minimum atomic E-state index is -4.08. The number of benzene rings is 2. The second-order valence-electron chi connectivity index (χ2n) is 16.0. The number of amides is 2. The Morgan fingerprint density at radius 1 is 1.03 bits per heavy atom. The predicted molar refractivity (Wildman–Crippen MR) is 233 cm³/mol. The summed E-state index contributed by atoms with van der Waals surface area (Å²) in [4.78, 5) is 63.9. The number of anilines is 2. The first-order valence-electron chi connectivity index (χ1n) is 20.7. The van der Waals surface area contributed by atoms with Crippen molar-refractivity contribution in [1.29, 1.82) is 0 Å². The number of aromatic nitrogens is 3. The highest BCUT2D eigenvalue weighted by Gasteiger charge is 2.65. The van der Waals surface area contributed by atoms with E-state index in [2.05, 4.69) is 22.2 Å². The molecule has 61 heavy (non-hydrogen) atoms. The Bertz CT molecular complexity index is 2330. The van der Waals surface area contributed by atoms with Gasteiger partial charge in [-0.15, -0.1) is 0 Å². The van der Waals surface area contributed by atoms with Crippen LogP contribution in [0.3, 0.4) is 0 Å². The van der Waals surface area contributed by atoms with Gasteiger partial charge in [-0.2, -0.15) is 13.4 Å². The van der Waals surface area contributed by atoms with Gasteiger partial charge in [-0.3, -0.25) is 23.8 Å². The number of amidine groups is 1. The molecule has 0 saturated heterocycles. The van der Waals surface area contributed by atoms with Crippen molar-refractivity contribution in [2.45, 2.75) is 85.6 Å². The zero-order valence-corrected chi connectivity index (χ0v) is 36.4. The van der Waals surface area contributed by atoms with Crippen LogP contribution in [0, 0.1) is 16.7 Å². The number of rotatable bonds is 17. The van der Waals surface area contributed by atoms with Gasteiger partial charge in [0.25, 0.3) is 16.0 Å². The molecule has 0 radical (unpaired) electrons. The number of hydrogen-bond donors (Lipinski definition) is 3. The molecule has 2 heterocycles. The molecule has 2 aliphatic carbocycles. The molecule has 0 aliphatic heterocycles. The molecule has 328 valence electrons. The van der Waals surface area contributed by atoms with Crippen LogP contribution in [0.1, 0.15) is 101 Å². The Hall–Kier alpha value is -5.68. The first-order valence-corrected chi connectivity index (χ1v) is 22.3. The number of hydrogen-bond acceptors (Lipinski definition) is 11. The molecular weight excluding hydrogens is 803 g/mol. The van der Waals surface area contributed by atoms with E-state index >= 15 is 0 Å². The minimum Gasteiger partial charge on any atom is -0.466 e. The fourth-order valence-corrected chi connectivity index (χ4v) is 9.51. The Labute approximate surface area is 357 Å². The number of aryl methyl sites for hydroxylation is 1. The lowest BCUT2D eigenvalue weighted by Gasteiger charge is -2.35. The number of ketones is 1. The van der Waals surface area contributed by atoms with Crippen molar-refractivity contribution in [2.75, 3.05) is 35.7 Å². The van der Waals surface area contributed by atoms with Crippen molar-refractivity contribution >= 4 is 62.2 Å². The molecular formula is C44H57N7O9S. The van der Waals surface area contributed by atoms with Crippen molar-refractivity contribution in [3.63, 3.8) is 0 Å². The number of Topliss-reactive ketones (excluding diaryl/α,β-unsaturated/α-hetero) is 1. The smallest absolute Gasteiger partial charge is 0.435 e. The van der Waals surface area contributed by atoms with Gasteiger partial charge >= 0.3 is 12.1 Å². The van der Waals surface area contributed by atoms with Crippen molar-refractivity contribution in [3.8, 4) is 0 Å². The Morgan fingerprint density at radius 3 is 2.39 bits per heavy atom. The maximum atomic E-state index is 13.6. The zero-order chi connectivity index (χ0) is 44.4. The van der Waals surface area contributed by atoms with E-state index in [1.807, 2.05) is 43.7 Å². The van der Waals surface area contributed by atoms with E-state index in [1.165, 1.54) is 4.90 Å². The number of esters is 1. The molecule has 2 bridgehead atoms. The molecule has 16 nitrogen and oxygen atoms in total. The van der Waals surface area contributed by atoms with Crippen LogP contribution in [0.4, 0.5) is 16.3 Å². The zero-order valence-electron chi connectivity index (χ0n) is 35.6. The van der Waals surface area contributed by atoms with Gasteiger partial charge < -0.3 is 25.1 Å². The molecule has 17 heteroatoms. The number of nitrogens with two attached hydrogens (primary N) is 1. The highest BCUT2D eigenvalue weighted by molar-refractivity contribution is 7.85. The lowest BCUT2D eigenvalue weighted by Crippen LogP contribution is -2.42. The summed E-state index contributed by atoms with van der Waals surface area (Å²) in [5.41, 5.74) is 8.28. The normalized spacial score (nSPS) is 18.0. The highest BCUT2D eigenvalue weighted by Crippen LogP contribution is 2.64. The second kappa shape index (κ2) is 20.3. The van der Waals surface area contributed by atoms with Crippen LogP contribution in [0.25, 0.3) is 11.0 Å². The van der Waals surface area contributed by atoms with Gasteiger partial charge in [0, 0.05) is 43.0 Å². The molecule has 2 saturated carbocycles. The average molecular weight is 860 g/mol. The number of fused-ring (bicyclic) bond motifs is 3. The fraction of sp³-hybridized carbons (Fsp3) is 0.477. The van der Waals surface area contributed by atoms with Crippen molar-refractivity contribution < 1.29 is 41.6 Å². The lowest BCUT2D eigenvalue weighted by atomic mass is 9.70. The van der Waals surface area contributed by atoms with Crippen molar-refractivity contribution in [1.82, 2.24) is 14.5 Å². The number of ether oxygens (including phenoxy) is 2. The average Bonchev–Trinajstić information content (AvgIpc) is 3.73. The van der Waals surface area contributed by atoms with Crippen LogP contribution in [-0.2, 0) is 42.8 Å². The number of aliphatic imine (C=N–C) groups is 1. The summed E-state index contributed by atoms with van der Waals surface area (Å²) in [6.45, 7) is 8.91. The summed E-state index contributed by atoms with van der Waals surface area (Å²) < 4.78 is 43.1. The van der Waals surface area contributed by atoms with Gasteiger partial charge in [0.1, 0.15) is 23.3 Å². The Kier molecular flexibility index (Phi) is 15.4. The highest BCUT2D eigenvalue weighted by atomic mass is 32.2. The largest absolute Gasteiger partial charge is 0.466 e. The van der Waals surface area contributed by atoms with Crippen molar-refractivity contribution in [2.24, 2.45) is 34.5 Å². The van der Waals surface area contributed by atoms with Crippen LogP contribution < -0.4 is 16.0 Å². The summed E-state index contributed by atoms with van der Waals surface area (Å²) in [7, 11) is -2.16. The molecule has 4 N–H and O–H groups in total. The fourth-order valence-electron chi connectivity index (χ4n) is 8.21. The third-order valence-corrected chi connectivity index (χ3v) is 12.7. The van der Waals surface area contributed by atoms with Crippen LogP contribution in [0.2, 0.25) is 0 Å². The molecule has 0 spiro atoms. The van der Waals surface area contributed by atoms with Crippen LogP contribution in [0.5, 0.6) is 0 Å². The van der Waals surface area contributed by atoms with Gasteiger partial charge in [-0.25, -0.2) is 14.8 Å². The summed E-state index contributed by atoms with van der Waals surface area (Å²) in [6, 6.07) is 17.9. The molecule has 2 fully saturated rings. The number of unbranched alkanes of at least 4 members (excludes halogenated alkanes) is 3. The van der Waals surface area contributed by atoms with Crippen LogP contribution >= 0.6 is 0 Å². The SMILES string of the molecule is CC1(C)[C@H]2CC[C@]1(CS(=O)(=O)O)C(=O)C2.CCCCCCOC(=O)/N=C(/N)c1ccc(NCc2nc3cc(C(=O)N(CCC(=O)OCC)c4ccccn4)ccc3n2C)cc1. The topological polar surface area (TPSA) is 225 Å². The van der Waals surface area contributed by atoms with Gasteiger partial charge in [0.15, 0.2) is 0 Å². The standard InChI is InChI=1S/C34H41N7O5.C10H16O4S/c1-4-6-7-10-21-46-34(44)39-32(35)24-12-15-26(16-13-24)37-23-30-38-27-22-25(14-17-28(27)40(30)3)33(43)41(20-18-31(42)45-5-2)29-11-8-9-19-36-29;1-9(2)7-3-4-10(9,8(11)5-7)6-15(12,13)14/h8-9,11-17,19,22,37H,4-7,10,18,20-21,23H2,1-3H3,(H2,35,39,44);7H,3-6H2,1-2H3,(H,12,13,14)/t;7-,10-/m.0/s1. The maximum absolute atomic E-state index is 13.6. The maximum Gasteiger partial charge on any atom is 0.435 e. The van der Waals surface area contributed by atoms with Gasteiger partial charge in [-0.1, -0.05) is 46.1 Å². The quantitative estimate of drug-likeness (QED) is 0.0324. The first-order chi connectivity index (χ1) is 29.0. The van der Waals surface area contributed by atoms with Crippen LogP contribution in [-0.4, -0.2) is 82.6 Å². The molecule has 0 unspecified atom stereocenters. The molecule has 2 aromatic carbocycles. The first kappa shape index (κ1) is 46.4. The monoisotopic (exact) mass is 859 g/mol. The predicted octanol–water partition coefficient (Wildman–Crippen LogP) is 6.87. The number of pyridine rings is 1. The van der Waals surface area contributed by atoms with E-state index in [4.69, 9.17) is 24.7 Å². The van der Waals surface area contributed by atoms with E-state index in [9.17, 15) is 27.6 Å². The van der Waals surface area contributed by atoms with E-state index in [-0.39, 0.29) is 54.4 Å². The summed E-state index contributed by atoms with van der Waals surface area (Å²) in [6.07, 6.45) is 6.97. The van der Waals surface area contributed by atoms with E-state index < -0.39 is 27.4 Å². The van der Waals surface area contributed by atoms with E-state index in [1.54, 1.807) is 55.6 Å². The molecule has 4 aromatic rings. The number of imidazole rings is 1. The molecule has 6 rings (SSSR count). The third kappa shape index (κ3) is 11.4. The summed E-state index contributed by atoms with van der Waals surface area (Å²) in [5, 5.41) is 3.35. The number of carbonyl (C=O) groups excluding carboxylic acids is 4. The van der Waals surface area contributed by atoms with Crippen LogP contribution in [0.15, 0.2) is 71.9 Å². The summed E-state index contributed by atoms with van der Waals surface area (Å²) in [5.74, 6) is 0.519. The molecule has 2 aromatic heterocycles. The Morgan fingerprint density at radius 2 is 1.77 bits per heavy atom. The molecule has 2 atom stereocenters. The van der Waals surface area contributed by atoms with E-state index in [0.29, 0.717) is 48.5 Å². The molecule has 2 amide bonds. The summed E-state index contributed by atoms with van der Waals surface area (Å²) >= 11 is 0. The van der Waals surface area contributed by atoms with Crippen molar-refractivity contribution in [3.05, 3.63) is 83.8 Å². The third-order valence-electron chi connectivity index (χ3n) is 11.9. The number of carbonyl (C=O) groups is 4. The Balaban J connectivity index is 0.000000392. The number of nitrogens with zero attached hydrogens (tertiary/aromatic N) is 5. The van der Waals surface area contributed by atoms with Gasteiger partial charge in [0.05, 0.1) is 48.4 Å². The van der Waals surface area contributed by atoms with Gasteiger partial charge in [0.2, 0.25) is 0 Å². The van der Waals surface area contributed by atoms with Gasteiger partial charge in [-0.05, 0) is 92.1 Å². The number of nitrogens with one attached hydrogen (secondary N) is 1. The lowest BCUT2D eigenvalue weighted by molar-refractivity contribution is -0.142. The minimum absolute atomic E-state index is 0.0152.